The lowest BCUT2D eigenvalue weighted by molar-refractivity contribution is 0.0720. The third-order valence-corrected chi connectivity index (χ3v) is 6.34. The summed E-state index contributed by atoms with van der Waals surface area (Å²) in [6, 6.07) is 10.9. The molecule has 0 saturated carbocycles. The number of rotatable bonds is 7. The fraction of sp³-hybridized carbons (Fsp3) is 0.375. The zero-order valence-electron chi connectivity index (χ0n) is 18.9. The van der Waals surface area contributed by atoms with Crippen LogP contribution in [0.1, 0.15) is 19.5 Å². The molecule has 33 heavy (non-hydrogen) atoms. The largest absolute Gasteiger partial charge is 0.374 e. The van der Waals surface area contributed by atoms with Crippen molar-refractivity contribution in [1.29, 1.82) is 0 Å². The number of hydrogen-bond acceptors (Lipinski definition) is 6. The number of aromatic nitrogens is 3. The predicted octanol–water partition coefficient (Wildman–Crippen LogP) is 4.65. The number of pyridine rings is 1. The molecule has 0 unspecified atom stereocenters. The van der Waals surface area contributed by atoms with Crippen LogP contribution in [0, 0.1) is 6.92 Å². The van der Waals surface area contributed by atoms with Crippen LogP contribution in [-0.2, 0) is 11.3 Å². The molecule has 0 radical (unpaired) electrons. The van der Waals surface area contributed by atoms with Gasteiger partial charge in [0, 0.05) is 43.0 Å². The van der Waals surface area contributed by atoms with Crippen LogP contribution in [0.2, 0.25) is 10.0 Å². The second kappa shape index (κ2) is 10.1. The highest BCUT2D eigenvalue weighted by Gasteiger charge is 2.35. The van der Waals surface area contributed by atoms with Crippen molar-refractivity contribution < 1.29 is 4.74 Å². The van der Waals surface area contributed by atoms with Crippen molar-refractivity contribution in [2.75, 3.05) is 29.9 Å². The molecule has 7 nitrogen and oxygen atoms in total. The maximum absolute atomic E-state index is 13.5. The molecule has 0 aliphatic carbocycles. The first-order valence-corrected chi connectivity index (χ1v) is 11.8. The summed E-state index contributed by atoms with van der Waals surface area (Å²) < 4.78 is 7.64. The van der Waals surface area contributed by atoms with Gasteiger partial charge in [0.15, 0.2) is 0 Å². The minimum absolute atomic E-state index is 0.0868. The molecule has 0 spiro atoms. The van der Waals surface area contributed by atoms with Gasteiger partial charge in [-0.1, -0.05) is 29.3 Å². The third kappa shape index (κ3) is 4.86. The number of halogens is 2. The highest BCUT2D eigenvalue weighted by Crippen LogP contribution is 2.30. The summed E-state index contributed by atoms with van der Waals surface area (Å²) in [6.45, 7) is 8.11. The Labute approximate surface area is 203 Å². The Hall–Kier alpha value is -2.61. The van der Waals surface area contributed by atoms with Gasteiger partial charge in [0.1, 0.15) is 17.3 Å². The molecule has 2 aromatic heterocycles. The van der Waals surface area contributed by atoms with Crippen LogP contribution in [0.4, 0.5) is 11.5 Å². The molecule has 9 heteroatoms. The summed E-state index contributed by atoms with van der Waals surface area (Å²) in [5.74, 6) is 1.41. The lowest BCUT2D eigenvalue weighted by Crippen LogP contribution is -2.38. The van der Waals surface area contributed by atoms with Crippen LogP contribution in [0.3, 0.4) is 0 Å². The lowest BCUT2D eigenvalue weighted by atomic mass is 10.1. The van der Waals surface area contributed by atoms with Crippen molar-refractivity contribution in [3.05, 3.63) is 68.7 Å². The number of benzene rings is 1. The van der Waals surface area contributed by atoms with E-state index in [4.69, 9.17) is 32.9 Å². The number of aryl methyl sites for hydroxylation is 1. The van der Waals surface area contributed by atoms with Gasteiger partial charge >= 0.3 is 0 Å². The van der Waals surface area contributed by atoms with Crippen LogP contribution in [0.5, 0.6) is 0 Å². The number of anilines is 2. The van der Waals surface area contributed by atoms with Crippen LogP contribution in [0.25, 0.3) is 11.4 Å². The van der Waals surface area contributed by atoms with Crippen molar-refractivity contribution in [3.63, 3.8) is 0 Å². The van der Waals surface area contributed by atoms with E-state index in [-0.39, 0.29) is 17.7 Å². The minimum Gasteiger partial charge on any atom is -0.374 e. The van der Waals surface area contributed by atoms with Crippen molar-refractivity contribution in [1.82, 2.24) is 14.5 Å². The first-order chi connectivity index (χ1) is 15.9. The van der Waals surface area contributed by atoms with E-state index in [0.717, 1.165) is 5.82 Å². The molecule has 1 aromatic carbocycles. The van der Waals surface area contributed by atoms with Gasteiger partial charge in [0.05, 0.1) is 22.9 Å². The van der Waals surface area contributed by atoms with Gasteiger partial charge in [-0.2, -0.15) is 0 Å². The first kappa shape index (κ1) is 23.5. The first-order valence-electron chi connectivity index (χ1n) is 11.0. The number of nitrogens with one attached hydrogen (secondary N) is 1. The summed E-state index contributed by atoms with van der Waals surface area (Å²) in [7, 11) is 0. The molecule has 1 N–H and O–H groups in total. The quantitative estimate of drug-likeness (QED) is 0.522. The molecule has 1 aliphatic heterocycles. The molecule has 3 heterocycles. The Bertz CT molecular complexity index is 1190. The molecule has 2 atom stereocenters. The molecule has 0 amide bonds. The Morgan fingerprint density at radius 1 is 1.18 bits per heavy atom. The maximum atomic E-state index is 13.5. The van der Waals surface area contributed by atoms with E-state index in [1.54, 1.807) is 29.0 Å². The van der Waals surface area contributed by atoms with Gasteiger partial charge < -0.3 is 15.0 Å². The Morgan fingerprint density at radius 3 is 2.67 bits per heavy atom. The van der Waals surface area contributed by atoms with E-state index in [1.807, 2.05) is 39.0 Å². The summed E-state index contributed by atoms with van der Waals surface area (Å²) in [4.78, 5) is 24.9. The summed E-state index contributed by atoms with van der Waals surface area (Å²) in [5, 5.41) is 4.43. The van der Waals surface area contributed by atoms with Gasteiger partial charge in [0.2, 0.25) is 0 Å². The summed E-state index contributed by atoms with van der Waals surface area (Å²) in [5.41, 5.74) is 1.61. The van der Waals surface area contributed by atoms with E-state index in [1.165, 1.54) is 0 Å². The van der Waals surface area contributed by atoms with Crippen molar-refractivity contribution in [2.45, 2.75) is 39.5 Å². The third-order valence-electron chi connectivity index (χ3n) is 5.79. The molecular formula is C24H27Cl2N5O2. The van der Waals surface area contributed by atoms with Crippen LogP contribution >= 0.6 is 23.2 Å². The van der Waals surface area contributed by atoms with E-state index in [0.29, 0.717) is 59.1 Å². The monoisotopic (exact) mass is 487 g/mol. The normalized spacial score (nSPS) is 18.0. The van der Waals surface area contributed by atoms with Gasteiger partial charge in [0.25, 0.3) is 5.56 Å². The molecule has 0 bridgehead atoms. The Morgan fingerprint density at radius 2 is 2.00 bits per heavy atom. The Balaban J connectivity index is 1.68. The molecule has 1 fully saturated rings. The predicted molar refractivity (Wildman–Crippen MR) is 134 cm³/mol. The van der Waals surface area contributed by atoms with E-state index >= 15 is 0 Å². The number of ether oxygens (including phenoxy) is 1. The van der Waals surface area contributed by atoms with E-state index in [9.17, 15) is 4.79 Å². The van der Waals surface area contributed by atoms with Crippen molar-refractivity contribution >= 4 is 34.7 Å². The molecule has 4 rings (SSSR count). The molecule has 174 valence electrons. The van der Waals surface area contributed by atoms with Crippen molar-refractivity contribution in [3.8, 4) is 11.4 Å². The van der Waals surface area contributed by atoms with Crippen LogP contribution in [0.15, 0.2) is 47.4 Å². The standard InChI is InChI=1S/C24H27Cl2N5O2/c1-4-31-23(17-10-9-16(25)12-18(17)26)28-15(3)22(24(31)32)29-19-13-30(14-20(19)33-5-2)21-8-6-7-11-27-21/h6-12,19-20,29H,4-5,13-14H2,1-3H3/t19-,20+/m1/s1. The number of nitrogens with zero attached hydrogens (tertiary/aromatic N) is 4. The maximum Gasteiger partial charge on any atom is 0.277 e. The minimum atomic E-state index is -0.141. The SMILES string of the molecule is CCO[C@H]1CN(c2ccccn2)C[C@H]1Nc1c(C)nc(-c2ccc(Cl)cc2Cl)n(CC)c1=O. The molecular weight excluding hydrogens is 461 g/mol. The zero-order chi connectivity index (χ0) is 23.5. The highest BCUT2D eigenvalue weighted by atomic mass is 35.5. The second-order valence-electron chi connectivity index (χ2n) is 7.91. The van der Waals surface area contributed by atoms with Crippen molar-refractivity contribution in [2.24, 2.45) is 0 Å². The van der Waals surface area contributed by atoms with Gasteiger partial charge in [-0.05, 0) is 51.1 Å². The van der Waals surface area contributed by atoms with E-state index < -0.39 is 0 Å². The average Bonchev–Trinajstić information content (AvgIpc) is 3.20. The molecule has 1 saturated heterocycles. The summed E-state index contributed by atoms with van der Waals surface area (Å²) >= 11 is 12.5. The fourth-order valence-corrected chi connectivity index (χ4v) is 4.70. The Kier molecular flexibility index (Phi) is 7.22. The second-order valence-corrected chi connectivity index (χ2v) is 8.75. The topological polar surface area (TPSA) is 72.3 Å². The van der Waals surface area contributed by atoms with Crippen LogP contribution < -0.4 is 15.8 Å². The highest BCUT2D eigenvalue weighted by molar-refractivity contribution is 6.36. The lowest BCUT2D eigenvalue weighted by Gasteiger charge is -2.22. The van der Waals surface area contributed by atoms with Crippen LogP contribution in [-0.4, -0.2) is 46.4 Å². The number of hydrogen-bond donors (Lipinski definition) is 1. The van der Waals surface area contributed by atoms with Gasteiger partial charge in [-0.3, -0.25) is 9.36 Å². The fourth-order valence-electron chi connectivity index (χ4n) is 4.21. The van der Waals surface area contributed by atoms with Gasteiger partial charge in [-0.25, -0.2) is 9.97 Å². The van der Waals surface area contributed by atoms with E-state index in [2.05, 4.69) is 15.2 Å². The molecule has 3 aromatic rings. The average molecular weight is 488 g/mol. The smallest absolute Gasteiger partial charge is 0.277 e. The van der Waals surface area contributed by atoms with Gasteiger partial charge in [-0.15, -0.1) is 0 Å². The zero-order valence-corrected chi connectivity index (χ0v) is 20.4. The summed E-state index contributed by atoms with van der Waals surface area (Å²) in [6.07, 6.45) is 1.69. The molecule has 1 aliphatic rings.